The van der Waals surface area contributed by atoms with E-state index in [1.165, 1.54) is 0 Å². The van der Waals surface area contributed by atoms with Crippen LogP contribution in [0.4, 0.5) is 5.69 Å². The van der Waals surface area contributed by atoms with Crippen molar-refractivity contribution in [1.82, 2.24) is 0 Å². The Morgan fingerprint density at radius 1 is 1.26 bits per heavy atom. The number of ether oxygens (including phenoxy) is 1. The summed E-state index contributed by atoms with van der Waals surface area (Å²) in [4.78, 5) is 13.2. The lowest BCUT2D eigenvalue weighted by Crippen LogP contribution is -2.50. The van der Waals surface area contributed by atoms with Crippen molar-refractivity contribution in [3.63, 3.8) is 0 Å². The third-order valence-corrected chi connectivity index (χ3v) is 3.76. The Bertz CT molecular complexity index is 653. The SMILES string of the molecule is CC1C(C(=O)O)Oc2ccc3ccccc3c2N1C. The van der Waals surface area contributed by atoms with E-state index in [9.17, 15) is 9.90 Å². The second-order valence-electron chi connectivity index (χ2n) is 4.86. The Balaban J connectivity index is 2.21. The third-order valence-electron chi connectivity index (χ3n) is 3.76. The molecule has 0 spiro atoms. The predicted molar refractivity (Wildman–Crippen MR) is 73.9 cm³/mol. The molecular formula is C15H15NO3. The van der Waals surface area contributed by atoms with E-state index in [4.69, 9.17) is 4.74 Å². The van der Waals surface area contributed by atoms with Crippen molar-refractivity contribution in [2.45, 2.75) is 19.1 Å². The average molecular weight is 257 g/mol. The fourth-order valence-electron chi connectivity index (χ4n) is 2.59. The smallest absolute Gasteiger partial charge is 0.347 e. The predicted octanol–water partition coefficient (Wildman–Crippen LogP) is 2.51. The molecule has 2 atom stereocenters. The summed E-state index contributed by atoms with van der Waals surface area (Å²) in [6.07, 6.45) is -0.835. The summed E-state index contributed by atoms with van der Waals surface area (Å²) in [7, 11) is 1.91. The molecule has 3 rings (SSSR count). The summed E-state index contributed by atoms with van der Waals surface area (Å²) < 4.78 is 5.64. The molecule has 1 N–H and O–H groups in total. The van der Waals surface area contributed by atoms with E-state index in [0.29, 0.717) is 5.75 Å². The molecule has 1 aliphatic heterocycles. The second kappa shape index (κ2) is 4.16. The van der Waals surface area contributed by atoms with Crippen LogP contribution in [0.15, 0.2) is 36.4 Å². The molecule has 0 aromatic heterocycles. The molecule has 0 fully saturated rings. The number of hydrogen-bond donors (Lipinski definition) is 1. The van der Waals surface area contributed by atoms with Gasteiger partial charge in [-0.1, -0.05) is 30.3 Å². The molecule has 0 saturated carbocycles. The lowest BCUT2D eigenvalue weighted by molar-refractivity contribution is -0.146. The first kappa shape index (κ1) is 11.8. The van der Waals surface area contributed by atoms with Crippen molar-refractivity contribution in [3.05, 3.63) is 36.4 Å². The third kappa shape index (κ3) is 1.71. The van der Waals surface area contributed by atoms with E-state index in [2.05, 4.69) is 0 Å². The minimum Gasteiger partial charge on any atom is -0.478 e. The molecule has 2 unspecified atom stereocenters. The number of aliphatic carboxylic acids is 1. The number of hydrogen-bond acceptors (Lipinski definition) is 3. The molecule has 1 aliphatic rings. The van der Waals surface area contributed by atoms with E-state index < -0.39 is 12.1 Å². The first-order valence-electron chi connectivity index (χ1n) is 6.23. The highest BCUT2D eigenvalue weighted by molar-refractivity contribution is 5.98. The maximum Gasteiger partial charge on any atom is 0.347 e. The number of carboxylic acid groups (broad SMARTS) is 1. The number of benzene rings is 2. The zero-order chi connectivity index (χ0) is 13.6. The van der Waals surface area contributed by atoms with Crippen LogP contribution in [0.5, 0.6) is 5.75 Å². The van der Waals surface area contributed by atoms with E-state index >= 15 is 0 Å². The van der Waals surface area contributed by atoms with E-state index in [1.807, 2.05) is 55.3 Å². The van der Waals surface area contributed by atoms with Crippen LogP contribution in [0.25, 0.3) is 10.8 Å². The molecule has 0 amide bonds. The number of fused-ring (bicyclic) bond motifs is 3. The molecular weight excluding hydrogens is 242 g/mol. The van der Waals surface area contributed by atoms with Gasteiger partial charge in [-0.25, -0.2) is 4.79 Å². The molecule has 4 heteroatoms. The fourth-order valence-corrected chi connectivity index (χ4v) is 2.59. The van der Waals surface area contributed by atoms with E-state index in [0.717, 1.165) is 16.5 Å². The van der Waals surface area contributed by atoms with Crippen molar-refractivity contribution >= 4 is 22.4 Å². The zero-order valence-electron chi connectivity index (χ0n) is 10.8. The highest BCUT2D eigenvalue weighted by Crippen LogP contribution is 2.40. The van der Waals surface area contributed by atoms with Crippen LogP contribution in [-0.2, 0) is 4.79 Å². The zero-order valence-corrected chi connectivity index (χ0v) is 10.8. The van der Waals surface area contributed by atoms with Crippen LogP contribution >= 0.6 is 0 Å². The number of nitrogens with zero attached hydrogens (tertiary/aromatic N) is 1. The minimum absolute atomic E-state index is 0.212. The molecule has 2 aromatic carbocycles. The molecule has 0 bridgehead atoms. The Labute approximate surface area is 111 Å². The topological polar surface area (TPSA) is 49.8 Å². The largest absolute Gasteiger partial charge is 0.478 e. The molecule has 1 heterocycles. The summed E-state index contributed by atoms with van der Waals surface area (Å²) in [5.74, 6) is -0.301. The molecule has 2 aromatic rings. The van der Waals surface area contributed by atoms with Gasteiger partial charge in [0.1, 0.15) is 5.75 Å². The minimum atomic E-state index is -0.932. The van der Waals surface area contributed by atoms with Gasteiger partial charge in [-0.15, -0.1) is 0 Å². The van der Waals surface area contributed by atoms with Crippen molar-refractivity contribution in [3.8, 4) is 5.75 Å². The number of carboxylic acids is 1. The Hall–Kier alpha value is -2.23. The average Bonchev–Trinajstić information content (AvgIpc) is 2.41. The van der Waals surface area contributed by atoms with Crippen LogP contribution in [0.2, 0.25) is 0 Å². The molecule has 98 valence electrons. The highest BCUT2D eigenvalue weighted by atomic mass is 16.5. The van der Waals surface area contributed by atoms with Crippen LogP contribution in [-0.4, -0.2) is 30.3 Å². The highest BCUT2D eigenvalue weighted by Gasteiger charge is 2.36. The summed E-state index contributed by atoms with van der Waals surface area (Å²) in [6, 6.07) is 11.6. The van der Waals surface area contributed by atoms with Crippen molar-refractivity contribution in [2.75, 3.05) is 11.9 Å². The van der Waals surface area contributed by atoms with Gasteiger partial charge in [0.25, 0.3) is 0 Å². The van der Waals surface area contributed by atoms with Crippen molar-refractivity contribution < 1.29 is 14.6 Å². The van der Waals surface area contributed by atoms with Gasteiger partial charge in [0, 0.05) is 12.4 Å². The Morgan fingerprint density at radius 3 is 2.74 bits per heavy atom. The molecule has 0 aliphatic carbocycles. The lowest BCUT2D eigenvalue weighted by Gasteiger charge is -2.38. The van der Waals surface area contributed by atoms with Gasteiger partial charge in [0.05, 0.1) is 11.7 Å². The standard InChI is InChI=1S/C15H15NO3/c1-9-14(15(17)18)19-12-8-7-10-5-3-4-6-11(10)13(12)16(9)2/h3-9,14H,1-2H3,(H,17,18). The van der Waals surface area contributed by atoms with Crippen LogP contribution in [0.1, 0.15) is 6.92 Å². The molecule has 0 saturated heterocycles. The first-order valence-corrected chi connectivity index (χ1v) is 6.23. The van der Waals surface area contributed by atoms with Gasteiger partial charge < -0.3 is 14.7 Å². The van der Waals surface area contributed by atoms with Crippen LogP contribution in [0, 0.1) is 0 Å². The Kier molecular flexibility index (Phi) is 2.59. The van der Waals surface area contributed by atoms with Crippen molar-refractivity contribution in [2.24, 2.45) is 0 Å². The Morgan fingerprint density at radius 2 is 2.00 bits per heavy atom. The molecule has 4 nitrogen and oxygen atoms in total. The van der Waals surface area contributed by atoms with Crippen LogP contribution < -0.4 is 9.64 Å². The van der Waals surface area contributed by atoms with Gasteiger partial charge in [-0.3, -0.25) is 0 Å². The maximum absolute atomic E-state index is 11.2. The van der Waals surface area contributed by atoms with Gasteiger partial charge >= 0.3 is 5.97 Å². The van der Waals surface area contributed by atoms with Gasteiger partial charge in [0.15, 0.2) is 0 Å². The number of likely N-dealkylation sites (N-methyl/N-ethyl adjacent to an activating group) is 1. The monoisotopic (exact) mass is 257 g/mol. The van der Waals surface area contributed by atoms with Crippen LogP contribution in [0.3, 0.4) is 0 Å². The maximum atomic E-state index is 11.2. The molecule has 19 heavy (non-hydrogen) atoms. The normalized spacial score (nSPS) is 21.9. The van der Waals surface area contributed by atoms with Crippen molar-refractivity contribution in [1.29, 1.82) is 0 Å². The second-order valence-corrected chi connectivity index (χ2v) is 4.86. The summed E-state index contributed by atoms with van der Waals surface area (Å²) in [5.41, 5.74) is 0.961. The quantitative estimate of drug-likeness (QED) is 0.852. The van der Waals surface area contributed by atoms with Gasteiger partial charge in [0.2, 0.25) is 6.10 Å². The number of carbonyl (C=O) groups is 1. The first-order chi connectivity index (χ1) is 9.09. The van der Waals surface area contributed by atoms with E-state index in [1.54, 1.807) is 0 Å². The number of rotatable bonds is 1. The lowest BCUT2D eigenvalue weighted by atomic mass is 10.0. The molecule has 0 radical (unpaired) electrons. The van der Waals surface area contributed by atoms with Gasteiger partial charge in [-0.05, 0) is 18.4 Å². The summed E-state index contributed by atoms with van der Waals surface area (Å²) in [5, 5.41) is 11.4. The van der Waals surface area contributed by atoms with E-state index in [-0.39, 0.29) is 6.04 Å². The fraction of sp³-hybridized carbons (Fsp3) is 0.267. The summed E-state index contributed by atoms with van der Waals surface area (Å²) >= 11 is 0. The summed E-state index contributed by atoms with van der Waals surface area (Å²) in [6.45, 7) is 1.86. The number of anilines is 1. The van der Waals surface area contributed by atoms with Gasteiger partial charge in [-0.2, -0.15) is 0 Å².